The molecule has 0 saturated heterocycles. The summed E-state index contributed by atoms with van der Waals surface area (Å²) in [5, 5.41) is 0. The van der Waals surface area contributed by atoms with Crippen LogP contribution in [0.5, 0.6) is 0 Å². The van der Waals surface area contributed by atoms with Gasteiger partial charge in [0.2, 0.25) is 5.91 Å². The molecule has 0 bridgehead atoms. The molecule has 0 aliphatic heterocycles. The van der Waals surface area contributed by atoms with Crippen LogP contribution in [0.15, 0.2) is 30.3 Å². The molecular formula is C11H13NO. The molecule has 1 rings (SSSR count). The van der Waals surface area contributed by atoms with Crippen molar-refractivity contribution in [1.82, 2.24) is 0 Å². The van der Waals surface area contributed by atoms with Gasteiger partial charge >= 0.3 is 0 Å². The lowest BCUT2D eigenvalue weighted by molar-refractivity contribution is -0.113. The number of carbonyl (C=O) groups excluding carboxylic acids is 1. The summed E-state index contributed by atoms with van der Waals surface area (Å²) in [6.07, 6.45) is 4.10. The van der Waals surface area contributed by atoms with Crippen LogP contribution in [0.1, 0.15) is 18.1 Å². The lowest BCUT2D eigenvalue weighted by atomic mass is 10.1. The van der Waals surface area contributed by atoms with Crippen LogP contribution >= 0.6 is 0 Å². The van der Waals surface area contributed by atoms with E-state index in [9.17, 15) is 4.79 Å². The molecule has 0 spiro atoms. The summed E-state index contributed by atoms with van der Waals surface area (Å²) in [4.78, 5) is 10.4. The summed E-state index contributed by atoms with van der Waals surface area (Å²) in [7, 11) is 0. The Balaban J connectivity index is 2.75. The first-order chi connectivity index (χ1) is 6.22. The Morgan fingerprint density at radius 3 is 2.46 bits per heavy atom. The summed E-state index contributed by atoms with van der Waals surface area (Å²) in [6, 6.07) is 8.03. The molecular weight excluding hydrogens is 162 g/mol. The van der Waals surface area contributed by atoms with Crippen LogP contribution < -0.4 is 5.73 Å². The molecule has 1 amide bonds. The molecule has 0 aliphatic rings. The van der Waals surface area contributed by atoms with Gasteiger partial charge in [-0.1, -0.05) is 31.2 Å². The normalized spacial score (nSPS) is 10.5. The molecule has 2 nitrogen and oxygen atoms in total. The molecule has 13 heavy (non-hydrogen) atoms. The minimum absolute atomic E-state index is 0.417. The monoisotopic (exact) mass is 175 g/mol. The minimum Gasteiger partial charge on any atom is -0.366 e. The third-order valence-corrected chi connectivity index (χ3v) is 1.83. The van der Waals surface area contributed by atoms with Crippen molar-refractivity contribution in [3.8, 4) is 0 Å². The molecule has 2 N–H and O–H groups in total. The largest absolute Gasteiger partial charge is 0.366 e. The molecule has 0 fully saturated rings. The third-order valence-electron chi connectivity index (χ3n) is 1.83. The number of nitrogens with two attached hydrogens (primary N) is 1. The lowest BCUT2D eigenvalue weighted by Crippen LogP contribution is -2.05. The molecule has 0 saturated carbocycles. The summed E-state index contributed by atoms with van der Waals surface area (Å²) >= 11 is 0. The smallest absolute Gasteiger partial charge is 0.241 e. The van der Waals surface area contributed by atoms with Crippen molar-refractivity contribution in [2.45, 2.75) is 13.3 Å². The fourth-order valence-electron chi connectivity index (χ4n) is 1.04. The summed E-state index contributed by atoms with van der Waals surface area (Å²) in [5.74, 6) is -0.417. The highest BCUT2D eigenvalue weighted by atomic mass is 16.1. The van der Waals surface area contributed by atoms with Gasteiger partial charge in [0, 0.05) is 6.08 Å². The predicted octanol–water partition coefficient (Wildman–Crippen LogP) is 1.75. The lowest BCUT2D eigenvalue weighted by Gasteiger charge is -1.96. The predicted molar refractivity (Wildman–Crippen MR) is 54.0 cm³/mol. The number of aryl methyl sites for hydroxylation is 1. The number of primary amides is 1. The average molecular weight is 175 g/mol. The van der Waals surface area contributed by atoms with Crippen molar-refractivity contribution in [3.05, 3.63) is 41.5 Å². The molecule has 2 heteroatoms. The Labute approximate surface area is 78.1 Å². The number of hydrogen-bond donors (Lipinski definition) is 1. The van der Waals surface area contributed by atoms with Gasteiger partial charge < -0.3 is 5.73 Å². The van der Waals surface area contributed by atoms with E-state index in [1.165, 1.54) is 11.6 Å². The van der Waals surface area contributed by atoms with Crippen LogP contribution in [0.25, 0.3) is 6.08 Å². The second kappa shape index (κ2) is 4.45. The van der Waals surface area contributed by atoms with E-state index < -0.39 is 5.91 Å². The zero-order valence-electron chi connectivity index (χ0n) is 7.66. The van der Waals surface area contributed by atoms with Crippen molar-refractivity contribution in [1.29, 1.82) is 0 Å². The van der Waals surface area contributed by atoms with Crippen LogP contribution in [0, 0.1) is 0 Å². The molecule has 0 radical (unpaired) electrons. The van der Waals surface area contributed by atoms with E-state index in [1.54, 1.807) is 6.08 Å². The molecule has 0 aromatic heterocycles. The molecule has 1 aromatic carbocycles. The van der Waals surface area contributed by atoms with E-state index in [0.717, 1.165) is 12.0 Å². The van der Waals surface area contributed by atoms with E-state index in [1.807, 2.05) is 24.3 Å². The van der Waals surface area contributed by atoms with Gasteiger partial charge in [-0.15, -0.1) is 0 Å². The van der Waals surface area contributed by atoms with Crippen molar-refractivity contribution in [3.63, 3.8) is 0 Å². The first kappa shape index (κ1) is 9.52. The highest BCUT2D eigenvalue weighted by Gasteiger charge is 1.89. The van der Waals surface area contributed by atoms with Crippen LogP contribution in [-0.4, -0.2) is 5.91 Å². The van der Waals surface area contributed by atoms with Gasteiger partial charge in [0.25, 0.3) is 0 Å². The van der Waals surface area contributed by atoms with E-state index in [4.69, 9.17) is 5.73 Å². The molecule has 0 heterocycles. The van der Waals surface area contributed by atoms with Crippen molar-refractivity contribution < 1.29 is 4.79 Å². The van der Waals surface area contributed by atoms with Crippen molar-refractivity contribution in [2.75, 3.05) is 0 Å². The van der Waals surface area contributed by atoms with Crippen LogP contribution in [-0.2, 0) is 11.2 Å². The summed E-state index contributed by atoms with van der Waals surface area (Å²) in [5.41, 5.74) is 7.26. The van der Waals surface area contributed by atoms with Crippen molar-refractivity contribution in [2.24, 2.45) is 5.73 Å². The Bertz CT molecular complexity index is 311. The van der Waals surface area contributed by atoms with E-state index in [2.05, 4.69) is 6.92 Å². The fourth-order valence-corrected chi connectivity index (χ4v) is 1.04. The highest BCUT2D eigenvalue weighted by molar-refractivity contribution is 5.90. The highest BCUT2D eigenvalue weighted by Crippen LogP contribution is 2.06. The second-order valence-corrected chi connectivity index (χ2v) is 2.83. The number of carbonyl (C=O) groups is 1. The quantitative estimate of drug-likeness (QED) is 0.699. The van der Waals surface area contributed by atoms with Gasteiger partial charge in [0.1, 0.15) is 0 Å². The maximum absolute atomic E-state index is 10.4. The SMILES string of the molecule is CCc1ccc(/C=C/C(N)=O)cc1. The molecule has 0 unspecified atom stereocenters. The average Bonchev–Trinajstić information content (AvgIpc) is 2.15. The van der Waals surface area contributed by atoms with Gasteiger partial charge in [-0.05, 0) is 23.6 Å². The first-order valence-electron chi connectivity index (χ1n) is 4.29. The van der Waals surface area contributed by atoms with Gasteiger partial charge in [-0.3, -0.25) is 4.79 Å². The third kappa shape index (κ3) is 3.11. The van der Waals surface area contributed by atoms with Crippen molar-refractivity contribution >= 4 is 12.0 Å². The van der Waals surface area contributed by atoms with Gasteiger partial charge in [-0.25, -0.2) is 0 Å². The van der Waals surface area contributed by atoms with Gasteiger partial charge in [0.05, 0.1) is 0 Å². The molecule has 0 atom stereocenters. The number of benzene rings is 1. The van der Waals surface area contributed by atoms with E-state index >= 15 is 0 Å². The van der Waals surface area contributed by atoms with Crippen LogP contribution in [0.3, 0.4) is 0 Å². The van der Waals surface area contributed by atoms with E-state index in [0.29, 0.717) is 0 Å². The van der Waals surface area contributed by atoms with Crippen LogP contribution in [0.4, 0.5) is 0 Å². The molecule has 1 aromatic rings. The van der Waals surface area contributed by atoms with Gasteiger partial charge in [0.15, 0.2) is 0 Å². The Kier molecular flexibility index (Phi) is 3.26. The van der Waals surface area contributed by atoms with Gasteiger partial charge in [-0.2, -0.15) is 0 Å². The Hall–Kier alpha value is -1.57. The summed E-state index contributed by atoms with van der Waals surface area (Å²) < 4.78 is 0. The van der Waals surface area contributed by atoms with E-state index in [-0.39, 0.29) is 0 Å². The fraction of sp³-hybridized carbons (Fsp3) is 0.182. The second-order valence-electron chi connectivity index (χ2n) is 2.83. The molecule has 0 aliphatic carbocycles. The minimum atomic E-state index is -0.417. The number of amides is 1. The maximum atomic E-state index is 10.4. The maximum Gasteiger partial charge on any atom is 0.241 e. The zero-order chi connectivity index (χ0) is 9.68. The topological polar surface area (TPSA) is 43.1 Å². The Morgan fingerprint density at radius 1 is 1.38 bits per heavy atom. The zero-order valence-corrected chi connectivity index (χ0v) is 7.66. The molecule has 68 valence electrons. The number of hydrogen-bond acceptors (Lipinski definition) is 1. The number of rotatable bonds is 3. The first-order valence-corrected chi connectivity index (χ1v) is 4.29. The Morgan fingerprint density at radius 2 is 2.00 bits per heavy atom. The van der Waals surface area contributed by atoms with Crippen LogP contribution in [0.2, 0.25) is 0 Å². The standard InChI is InChI=1S/C11H13NO/c1-2-9-3-5-10(6-4-9)7-8-11(12)13/h3-8H,2H2,1H3,(H2,12,13)/b8-7+. The summed E-state index contributed by atoms with van der Waals surface area (Å²) in [6.45, 7) is 2.11.